The zero-order valence-electron chi connectivity index (χ0n) is 4.42. The maximum atomic E-state index is 10.2. The van der Waals surface area contributed by atoms with Crippen LogP contribution in [-0.2, 0) is 20.2 Å². The normalized spacial score (nSPS) is 13.1. The van der Waals surface area contributed by atoms with Gasteiger partial charge in [-0.1, -0.05) is 0 Å². The van der Waals surface area contributed by atoms with Gasteiger partial charge < -0.3 is 4.79 Å². The zero-order chi connectivity index (χ0) is 6.41. The molecular weight excluding hydrogens is 130 g/mol. The molecule has 0 saturated carbocycles. The number of nitrogens with one attached hydrogen (secondary N) is 1. The average Bonchev–Trinajstić information content (AvgIpc) is 1.83. The standard InChI is InChI=1S/C3H7NO3S/c1-7-8(6)4-2-3-5/h3-4H,2H2,1H3. The second-order valence-corrected chi connectivity index (χ2v) is 2.01. The molecule has 0 rings (SSSR count). The minimum atomic E-state index is -1.51. The summed E-state index contributed by atoms with van der Waals surface area (Å²) < 4.78 is 16.7. The molecule has 0 spiro atoms. The SMILES string of the molecule is COS(=O)NCC=O. The van der Waals surface area contributed by atoms with Crippen LogP contribution in [0, 0.1) is 0 Å². The third-order valence-corrected chi connectivity index (χ3v) is 1.14. The van der Waals surface area contributed by atoms with Gasteiger partial charge in [0, 0.05) is 0 Å². The second kappa shape index (κ2) is 4.89. The Morgan fingerprint density at radius 2 is 2.50 bits per heavy atom. The highest BCUT2D eigenvalue weighted by Gasteiger charge is 1.89. The topological polar surface area (TPSA) is 55.4 Å². The third-order valence-electron chi connectivity index (χ3n) is 0.436. The second-order valence-electron chi connectivity index (χ2n) is 0.917. The number of rotatable bonds is 4. The molecular formula is C3H7NO3S. The molecule has 0 aliphatic carbocycles. The van der Waals surface area contributed by atoms with Crippen molar-refractivity contribution in [1.82, 2.24) is 4.72 Å². The maximum absolute atomic E-state index is 10.2. The van der Waals surface area contributed by atoms with Gasteiger partial charge in [-0.2, -0.15) is 0 Å². The van der Waals surface area contributed by atoms with Crippen LogP contribution in [0.4, 0.5) is 0 Å². The minimum absolute atomic E-state index is 0.0560. The molecule has 5 heteroatoms. The Hall–Kier alpha value is -0.260. The van der Waals surface area contributed by atoms with Gasteiger partial charge in [0.1, 0.15) is 6.29 Å². The highest BCUT2D eigenvalue weighted by molar-refractivity contribution is 7.78. The number of carbonyl (C=O) groups excluding carboxylic acids is 1. The number of hydrogen-bond donors (Lipinski definition) is 1. The van der Waals surface area contributed by atoms with Gasteiger partial charge in [0.15, 0.2) is 0 Å². The molecule has 1 atom stereocenters. The van der Waals surface area contributed by atoms with Crippen LogP contribution in [0.15, 0.2) is 0 Å². The van der Waals surface area contributed by atoms with E-state index >= 15 is 0 Å². The molecule has 1 unspecified atom stereocenters. The first-order chi connectivity index (χ1) is 3.81. The fraction of sp³-hybridized carbons (Fsp3) is 0.667. The summed E-state index contributed by atoms with van der Waals surface area (Å²) in [5, 5.41) is 0. The van der Waals surface area contributed by atoms with Crippen molar-refractivity contribution in [2.45, 2.75) is 0 Å². The number of carbonyl (C=O) groups is 1. The predicted molar refractivity (Wildman–Crippen MR) is 29.2 cm³/mol. The lowest BCUT2D eigenvalue weighted by Gasteiger charge is -1.92. The van der Waals surface area contributed by atoms with E-state index in [0.29, 0.717) is 6.29 Å². The van der Waals surface area contributed by atoms with Gasteiger partial charge in [-0.05, 0) is 0 Å². The largest absolute Gasteiger partial charge is 0.302 e. The van der Waals surface area contributed by atoms with Gasteiger partial charge in [0.2, 0.25) is 11.3 Å². The smallest absolute Gasteiger partial charge is 0.234 e. The van der Waals surface area contributed by atoms with Crippen molar-refractivity contribution in [3.8, 4) is 0 Å². The van der Waals surface area contributed by atoms with Crippen molar-refractivity contribution in [3.05, 3.63) is 0 Å². The molecule has 0 aromatic heterocycles. The number of hydrogen-bond acceptors (Lipinski definition) is 3. The molecule has 8 heavy (non-hydrogen) atoms. The zero-order valence-corrected chi connectivity index (χ0v) is 5.23. The molecule has 0 amide bonds. The van der Waals surface area contributed by atoms with Crippen LogP contribution in [0.1, 0.15) is 0 Å². The van der Waals surface area contributed by atoms with E-state index in [1.165, 1.54) is 7.11 Å². The van der Waals surface area contributed by atoms with Gasteiger partial charge in [0.25, 0.3) is 0 Å². The van der Waals surface area contributed by atoms with Gasteiger partial charge in [0.05, 0.1) is 13.7 Å². The van der Waals surface area contributed by atoms with Gasteiger partial charge >= 0.3 is 0 Å². The van der Waals surface area contributed by atoms with E-state index in [9.17, 15) is 9.00 Å². The summed E-state index contributed by atoms with van der Waals surface area (Å²) in [4.78, 5) is 9.57. The molecule has 0 radical (unpaired) electrons. The Balaban J connectivity index is 3.11. The lowest BCUT2D eigenvalue weighted by molar-refractivity contribution is -0.106. The summed E-state index contributed by atoms with van der Waals surface area (Å²) in [6.45, 7) is 0.0560. The molecule has 0 aromatic rings. The predicted octanol–water partition coefficient (Wildman–Crippen LogP) is -1.00. The fourth-order valence-corrected chi connectivity index (χ4v) is 0.483. The van der Waals surface area contributed by atoms with Crippen LogP contribution < -0.4 is 4.72 Å². The Bertz CT molecular complexity index is 94.5. The van der Waals surface area contributed by atoms with Crippen molar-refractivity contribution in [3.63, 3.8) is 0 Å². The molecule has 4 nitrogen and oxygen atoms in total. The molecule has 0 aliphatic heterocycles. The summed E-state index contributed by atoms with van der Waals surface area (Å²) in [5.41, 5.74) is 0. The van der Waals surface area contributed by atoms with Crippen molar-refractivity contribution < 1.29 is 13.2 Å². The summed E-state index contributed by atoms with van der Waals surface area (Å²) in [7, 11) is 1.29. The Morgan fingerprint density at radius 1 is 1.88 bits per heavy atom. The molecule has 0 fully saturated rings. The lowest BCUT2D eigenvalue weighted by atomic mass is 10.8. The Kier molecular flexibility index (Phi) is 4.73. The number of aldehydes is 1. The molecule has 0 bridgehead atoms. The fourth-order valence-electron chi connectivity index (χ4n) is 0.161. The van der Waals surface area contributed by atoms with Gasteiger partial charge in [-0.15, -0.1) is 0 Å². The molecule has 0 heterocycles. The lowest BCUT2D eigenvalue weighted by Crippen LogP contribution is -2.19. The highest BCUT2D eigenvalue weighted by Crippen LogP contribution is 1.69. The van der Waals surface area contributed by atoms with E-state index in [1.807, 2.05) is 0 Å². The van der Waals surface area contributed by atoms with Crippen molar-refractivity contribution >= 4 is 17.6 Å². The van der Waals surface area contributed by atoms with Crippen LogP contribution in [-0.4, -0.2) is 24.1 Å². The third kappa shape index (κ3) is 3.91. The summed E-state index contributed by atoms with van der Waals surface area (Å²) in [6, 6.07) is 0. The molecule has 0 aromatic carbocycles. The van der Waals surface area contributed by atoms with Crippen LogP contribution >= 0.6 is 0 Å². The average molecular weight is 137 g/mol. The van der Waals surface area contributed by atoms with E-state index in [0.717, 1.165) is 0 Å². The first-order valence-corrected chi connectivity index (χ1v) is 3.02. The van der Waals surface area contributed by atoms with E-state index in [1.54, 1.807) is 0 Å². The van der Waals surface area contributed by atoms with E-state index in [2.05, 4.69) is 8.91 Å². The van der Waals surface area contributed by atoms with Crippen LogP contribution in [0.3, 0.4) is 0 Å². The van der Waals surface area contributed by atoms with Crippen LogP contribution in [0.25, 0.3) is 0 Å². The van der Waals surface area contributed by atoms with E-state index in [-0.39, 0.29) is 6.54 Å². The van der Waals surface area contributed by atoms with Crippen molar-refractivity contribution in [2.24, 2.45) is 0 Å². The minimum Gasteiger partial charge on any atom is -0.302 e. The van der Waals surface area contributed by atoms with Gasteiger partial charge in [-0.3, -0.25) is 4.18 Å². The Labute approximate surface area is 50.0 Å². The van der Waals surface area contributed by atoms with Crippen LogP contribution in [0.2, 0.25) is 0 Å². The van der Waals surface area contributed by atoms with Gasteiger partial charge in [-0.25, -0.2) is 8.93 Å². The maximum Gasteiger partial charge on any atom is 0.234 e. The van der Waals surface area contributed by atoms with Crippen molar-refractivity contribution in [2.75, 3.05) is 13.7 Å². The summed E-state index contributed by atoms with van der Waals surface area (Å²) in [5.74, 6) is 0. The van der Waals surface area contributed by atoms with E-state index in [4.69, 9.17) is 0 Å². The van der Waals surface area contributed by atoms with E-state index < -0.39 is 11.3 Å². The highest BCUT2D eigenvalue weighted by atomic mass is 32.2. The first kappa shape index (κ1) is 7.74. The Morgan fingerprint density at radius 3 is 2.88 bits per heavy atom. The van der Waals surface area contributed by atoms with Crippen LogP contribution in [0.5, 0.6) is 0 Å². The summed E-state index contributed by atoms with van der Waals surface area (Å²) in [6.07, 6.45) is 0.608. The molecule has 0 saturated heterocycles. The molecule has 48 valence electrons. The monoisotopic (exact) mass is 137 g/mol. The first-order valence-electron chi connectivity index (χ1n) is 1.94. The molecule has 1 N–H and O–H groups in total. The summed E-state index contributed by atoms with van der Waals surface area (Å²) >= 11 is -1.51. The molecule has 0 aliphatic rings. The quantitative estimate of drug-likeness (QED) is 0.506. The van der Waals surface area contributed by atoms with Crippen molar-refractivity contribution in [1.29, 1.82) is 0 Å².